The third-order valence-corrected chi connectivity index (χ3v) is 1.96. The Balaban J connectivity index is 1.93. The van der Waals surface area contributed by atoms with Crippen molar-refractivity contribution in [3.8, 4) is 0 Å². The van der Waals surface area contributed by atoms with Crippen molar-refractivity contribution in [1.29, 1.82) is 0 Å². The lowest BCUT2D eigenvalue weighted by molar-refractivity contribution is -0.00806. The van der Waals surface area contributed by atoms with E-state index in [9.17, 15) is 4.79 Å². The number of carbonyl (C=O) groups is 1. The highest BCUT2D eigenvalue weighted by molar-refractivity contribution is 5.82. The van der Waals surface area contributed by atoms with Crippen LogP contribution in [0.3, 0.4) is 0 Å². The number of aliphatic hydroxyl groups is 1. The summed E-state index contributed by atoms with van der Waals surface area (Å²) in [7, 11) is 0. The highest BCUT2D eigenvalue weighted by Crippen LogP contribution is 2.11. The Bertz CT molecular complexity index is 344. The molecule has 1 aromatic heterocycles. The summed E-state index contributed by atoms with van der Waals surface area (Å²) in [5, 5.41) is 20.8. The van der Waals surface area contributed by atoms with Crippen molar-refractivity contribution in [3.05, 3.63) is 11.7 Å². The predicted octanol–water partition coefficient (Wildman–Crippen LogP) is -1.06. The quantitative estimate of drug-likeness (QED) is 0.640. The summed E-state index contributed by atoms with van der Waals surface area (Å²) in [4.78, 5) is 15.9. The van der Waals surface area contributed by atoms with Crippen LogP contribution in [0.25, 0.3) is 0 Å². The predicted molar refractivity (Wildman–Crippen MR) is 42.5 cm³/mol. The van der Waals surface area contributed by atoms with Gasteiger partial charge in [-0.3, -0.25) is 4.90 Å². The summed E-state index contributed by atoms with van der Waals surface area (Å²) in [6.45, 7) is 1.51. The number of aliphatic hydroxyl groups excluding tert-OH is 1. The number of carboxylic acids is 1. The molecule has 0 bridgehead atoms. The smallest absolute Gasteiger partial charge is 0.377 e. The molecule has 1 aromatic rings. The average Bonchev–Trinajstić information content (AvgIpc) is 2.50. The molecule has 7 nitrogen and oxygen atoms in total. The van der Waals surface area contributed by atoms with E-state index in [0.29, 0.717) is 19.6 Å². The molecule has 0 amide bonds. The van der Waals surface area contributed by atoms with Crippen LogP contribution in [-0.4, -0.2) is 50.4 Å². The van der Waals surface area contributed by atoms with Gasteiger partial charge in [0.25, 0.3) is 5.82 Å². The number of carboxylic acid groups (broad SMARTS) is 1. The van der Waals surface area contributed by atoms with E-state index in [-0.39, 0.29) is 17.8 Å². The van der Waals surface area contributed by atoms with Crippen molar-refractivity contribution in [3.63, 3.8) is 0 Å². The first kappa shape index (κ1) is 9.10. The van der Waals surface area contributed by atoms with Crippen molar-refractivity contribution in [2.75, 3.05) is 13.1 Å². The minimum atomic E-state index is -1.20. The van der Waals surface area contributed by atoms with E-state index in [1.165, 1.54) is 0 Å². The minimum Gasteiger partial charge on any atom is -0.475 e. The number of β-amino-alcohol motifs (C(OH)–C–C–N with tert-alkyl or cyclic N) is 1. The second kappa shape index (κ2) is 3.35. The van der Waals surface area contributed by atoms with E-state index in [0.717, 1.165) is 0 Å². The summed E-state index contributed by atoms with van der Waals surface area (Å²) in [5.41, 5.74) is 0. The molecule has 7 heteroatoms. The third-order valence-electron chi connectivity index (χ3n) is 1.96. The zero-order valence-electron chi connectivity index (χ0n) is 7.25. The van der Waals surface area contributed by atoms with Gasteiger partial charge in [-0.15, -0.1) is 0 Å². The van der Waals surface area contributed by atoms with Crippen LogP contribution in [0.4, 0.5) is 0 Å². The summed E-state index contributed by atoms with van der Waals surface area (Å²) in [6, 6.07) is 0. The minimum absolute atomic E-state index is 0.259. The van der Waals surface area contributed by atoms with E-state index in [1.807, 2.05) is 4.90 Å². The standard InChI is InChI=1S/C7H9N3O4/c11-4-1-10(2-4)3-5-8-6(7(12)13)9-14-5/h4,11H,1-3H2,(H,12,13). The van der Waals surface area contributed by atoms with Gasteiger partial charge in [0.1, 0.15) is 0 Å². The van der Waals surface area contributed by atoms with E-state index < -0.39 is 5.97 Å². The molecule has 0 aliphatic carbocycles. The van der Waals surface area contributed by atoms with Crippen LogP contribution in [0, 0.1) is 0 Å². The second-order valence-electron chi connectivity index (χ2n) is 3.16. The molecule has 0 unspecified atom stereocenters. The molecule has 2 N–H and O–H groups in total. The molecule has 0 atom stereocenters. The molecule has 0 spiro atoms. The largest absolute Gasteiger partial charge is 0.475 e. The van der Waals surface area contributed by atoms with E-state index in [2.05, 4.69) is 10.1 Å². The maximum atomic E-state index is 10.4. The molecule has 1 aliphatic heterocycles. The Hall–Kier alpha value is -1.47. The van der Waals surface area contributed by atoms with Gasteiger partial charge in [-0.25, -0.2) is 4.79 Å². The van der Waals surface area contributed by atoms with Crippen LogP contribution in [-0.2, 0) is 6.54 Å². The van der Waals surface area contributed by atoms with Crippen molar-refractivity contribution in [1.82, 2.24) is 15.0 Å². The van der Waals surface area contributed by atoms with Gasteiger partial charge in [-0.1, -0.05) is 0 Å². The van der Waals surface area contributed by atoms with Crippen LogP contribution in [0.15, 0.2) is 4.52 Å². The van der Waals surface area contributed by atoms with Gasteiger partial charge in [0.15, 0.2) is 0 Å². The molecule has 1 aliphatic rings. The lowest BCUT2D eigenvalue weighted by atomic mass is 10.2. The second-order valence-corrected chi connectivity index (χ2v) is 3.16. The van der Waals surface area contributed by atoms with Gasteiger partial charge >= 0.3 is 5.97 Å². The average molecular weight is 199 g/mol. The first-order valence-electron chi connectivity index (χ1n) is 4.11. The Morgan fingerprint density at radius 1 is 1.64 bits per heavy atom. The van der Waals surface area contributed by atoms with Gasteiger partial charge in [0, 0.05) is 13.1 Å². The first-order chi connectivity index (χ1) is 6.65. The molecule has 0 radical (unpaired) electrons. The molecule has 1 fully saturated rings. The van der Waals surface area contributed by atoms with Crippen molar-refractivity contribution < 1.29 is 19.5 Å². The summed E-state index contributed by atoms with van der Waals surface area (Å²) in [6.07, 6.45) is -0.295. The number of aromatic carboxylic acids is 1. The van der Waals surface area contributed by atoms with Gasteiger partial charge in [0.2, 0.25) is 5.89 Å². The Morgan fingerprint density at radius 3 is 2.86 bits per heavy atom. The van der Waals surface area contributed by atoms with E-state index in [1.54, 1.807) is 0 Å². The fourth-order valence-corrected chi connectivity index (χ4v) is 1.27. The Kier molecular flexibility index (Phi) is 2.18. The molecule has 2 rings (SSSR count). The summed E-state index contributed by atoms with van der Waals surface area (Å²) < 4.78 is 4.70. The fraction of sp³-hybridized carbons (Fsp3) is 0.571. The number of likely N-dealkylation sites (tertiary alicyclic amines) is 1. The highest BCUT2D eigenvalue weighted by Gasteiger charge is 2.26. The first-order valence-corrected chi connectivity index (χ1v) is 4.11. The maximum absolute atomic E-state index is 10.4. The van der Waals surface area contributed by atoms with Gasteiger partial charge in [0.05, 0.1) is 12.6 Å². The molecule has 14 heavy (non-hydrogen) atoms. The summed E-state index contributed by atoms with van der Waals surface area (Å²) in [5.74, 6) is -1.28. The van der Waals surface area contributed by atoms with Gasteiger partial charge < -0.3 is 14.7 Å². The lowest BCUT2D eigenvalue weighted by Gasteiger charge is -2.34. The molecule has 0 saturated carbocycles. The lowest BCUT2D eigenvalue weighted by Crippen LogP contribution is -2.49. The normalized spacial score (nSPS) is 18.1. The topological polar surface area (TPSA) is 99.7 Å². The summed E-state index contributed by atoms with van der Waals surface area (Å²) >= 11 is 0. The van der Waals surface area contributed by atoms with Crippen LogP contribution < -0.4 is 0 Å². The molecule has 0 aromatic carbocycles. The number of nitrogens with zero attached hydrogens (tertiary/aromatic N) is 3. The SMILES string of the molecule is O=C(O)c1noc(CN2CC(O)C2)n1. The molecular weight excluding hydrogens is 190 g/mol. The van der Waals surface area contributed by atoms with Crippen LogP contribution >= 0.6 is 0 Å². The van der Waals surface area contributed by atoms with E-state index >= 15 is 0 Å². The molecule has 76 valence electrons. The van der Waals surface area contributed by atoms with Gasteiger partial charge in [-0.05, 0) is 5.16 Å². The number of hydrogen-bond donors (Lipinski definition) is 2. The van der Waals surface area contributed by atoms with Crippen molar-refractivity contribution in [2.45, 2.75) is 12.6 Å². The Labute approximate surface area is 78.9 Å². The zero-order valence-corrected chi connectivity index (χ0v) is 7.25. The number of rotatable bonds is 3. The van der Waals surface area contributed by atoms with E-state index in [4.69, 9.17) is 14.7 Å². The number of aromatic nitrogens is 2. The maximum Gasteiger partial charge on any atom is 0.377 e. The molecule has 2 heterocycles. The zero-order chi connectivity index (χ0) is 10.1. The van der Waals surface area contributed by atoms with Crippen molar-refractivity contribution >= 4 is 5.97 Å². The number of hydrogen-bond acceptors (Lipinski definition) is 6. The van der Waals surface area contributed by atoms with Crippen LogP contribution in [0.1, 0.15) is 16.5 Å². The third kappa shape index (κ3) is 1.73. The Morgan fingerprint density at radius 2 is 2.36 bits per heavy atom. The van der Waals surface area contributed by atoms with Gasteiger partial charge in [-0.2, -0.15) is 4.98 Å². The molecule has 1 saturated heterocycles. The van der Waals surface area contributed by atoms with Crippen LogP contribution in [0.2, 0.25) is 0 Å². The molecular formula is C7H9N3O4. The monoisotopic (exact) mass is 199 g/mol. The highest BCUT2D eigenvalue weighted by atomic mass is 16.5. The van der Waals surface area contributed by atoms with Crippen molar-refractivity contribution in [2.24, 2.45) is 0 Å². The fourth-order valence-electron chi connectivity index (χ4n) is 1.27. The van der Waals surface area contributed by atoms with Crippen LogP contribution in [0.5, 0.6) is 0 Å².